The molecule has 13 nitrogen and oxygen atoms in total. The lowest BCUT2D eigenvalue weighted by Crippen LogP contribution is -2.36. The maximum Gasteiger partial charge on any atom is 0.323 e. The van der Waals surface area contributed by atoms with Gasteiger partial charge in [0.25, 0.3) is 21.6 Å². The Morgan fingerprint density at radius 1 is 1.00 bits per heavy atom. The summed E-state index contributed by atoms with van der Waals surface area (Å²) in [5, 5.41) is 20.3. The molecular weight excluding hydrogens is 643 g/mol. The second kappa shape index (κ2) is 11.9. The number of ether oxygens (including phenoxy) is 1. The van der Waals surface area contributed by atoms with E-state index in [0.717, 1.165) is 43.3 Å². The number of thiocarbonyl (C=S) groups is 1. The lowest BCUT2D eigenvalue weighted by molar-refractivity contribution is -0.140. The number of carbonyl (C=O) groups excluding carboxylic acids is 1. The summed E-state index contributed by atoms with van der Waals surface area (Å²) in [7, 11) is -4.22. The van der Waals surface area contributed by atoms with Crippen LogP contribution in [0.4, 0.5) is 5.69 Å². The van der Waals surface area contributed by atoms with Crippen LogP contribution in [0.3, 0.4) is 0 Å². The molecule has 5 rings (SSSR count). The van der Waals surface area contributed by atoms with Crippen molar-refractivity contribution in [1.82, 2.24) is 9.47 Å². The minimum absolute atomic E-state index is 0.00826. The largest absolute Gasteiger partial charge is 0.480 e. The van der Waals surface area contributed by atoms with Crippen molar-refractivity contribution >= 4 is 95.0 Å². The Kier molecular flexibility index (Phi) is 8.44. The second-order valence-electron chi connectivity index (χ2n) is 9.24. The number of hydrogen-bond acceptors (Lipinski definition) is 11. The summed E-state index contributed by atoms with van der Waals surface area (Å²) in [6, 6.07) is 11.1. The number of carboxylic acid groups (broad SMARTS) is 2. The van der Waals surface area contributed by atoms with Gasteiger partial charge in [-0.2, -0.15) is 8.42 Å². The molecule has 2 aliphatic rings. The van der Waals surface area contributed by atoms with Crippen LogP contribution in [0.15, 0.2) is 53.2 Å². The average molecular weight is 664 g/mol. The van der Waals surface area contributed by atoms with Crippen LogP contribution in [0.25, 0.3) is 21.8 Å². The summed E-state index contributed by atoms with van der Waals surface area (Å²) in [6.07, 6.45) is 2.92. The summed E-state index contributed by atoms with van der Waals surface area (Å²) in [5.74, 6) is -3.14. The van der Waals surface area contributed by atoms with Gasteiger partial charge in [-0.05, 0) is 23.9 Å². The summed E-state index contributed by atoms with van der Waals surface area (Å²) >= 11 is 6.75. The molecule has 0 atom stereocenters. The van der Waals surface area contributed by atoms with E-state index in [1.165, 1.54) is 12.2 Å². The molecule has 1 amide bonds. The van der Waals surface area contributed by atoms with E-state index >= 15 is 0 Å². The van der Waals surface area contributed by atoms with Crippen molar-refractivity contribution in [2.45, 2.75) is 13.0 Å². The zero-order valence-electron chi connectivity index (χ0n) is 21.8. The molecule has 3 heterocycles. The normalized spacial score (nSPS) is 17.7. The van der Waals surface area contributed by atoms with Crippen LogP contribution in [0.2, 0.25) is 0 Å². The molecule has 3 aromatic rings. The number of thioether (sulfide) groups is 1. The zero-order valence-corrected chi connectivity index (χ0v) is 25.1. The fourth-order valence-corrected chi connectivity index (χ4v) is 7.50. The van der Waals surface area contributed by atoms with E-state index in [-0.39, 0.29) is 37.3 Å². The van der Waals surface area contributed by atoms with Gasteiger partial charge in [-0.1, -0.05) is 54.3 Å². The third kappa shape index (κ3) is 6.35. The average Bonchev–Trinajstić information content (AvgIpc) is 3.53. The van der Waals surface area contributed by atoms with Crippen LogP contribution in [0, 0.1) is 0 Å². The number of thiazole rings is 1. The first-order chi connectivity index (χ1) is 20.3. The summed E-state index contributed by atoms with van der Waals surface area (Å²) in [5.41, 5.74) is -0.0413. The Balaban J connectivity index is 1.62. The van der Waals surface area contributed by atoms with Crippen molar-refractivity contribution < 1.29 is 42.3 Å². The number of aromatic nitrogens is 1. The Morgan fingerprint density at radius 2 is 1.72 bits per heavy atom. The van der Waals surface area contributed by atoms with Gasteiger partial charge < -0.3 is 19.8 Å². The highest BCUT2D eigenvalue weighted by Crippen LogP contribution is 2.44. The third-order valence-electron chi connectivity index (χ3n) is 6.31. The van der Waals surface area contributed by atoms with Crippen LogP contribution in [0.5, 0.6) is 5.75 Å². The van der Waals surface area contributed by atoms with E-state index in [9.17, 15) is 37.3 Å². The topological polar surface area (TPSA) is 184 Å². The molecule has 1 saturated heterocycles. The minimum Gasteiger partial charge on any atom is -0.480 e. The van der Waals surface area contributed by atoms with Gasteiger partial charge in [0.05, 0.1) is 16.0 Å². The number of benzene rings is 2. The lowest BCUT2D eigenvalue weighted by Gasteiger charge is -2.19. The standard InChI is InChI=1S/C26H21N3O10S4/c30-19(31)12-28-23(34)17(41-25(28)22-24(35)29(13-20(32)33)26(40)42-22)8-9-18-27(10-3-11-43(36,37)38)21-15-5-2-1-4-14(15)6-7-16(21)39-18/h1-2,4-9H,3,10-13H2,(H,30,31)(H,32,33)(H,36,37,38). The second-order valence-corrected chi connectivity index (χ2v) is 13.5. The molecule has 17 heteroatoms. The molecule has 2 aliphatic heterocycles. The van der Waals surface area contributed by atoms with E-state index in [1.54, 1.807) is 11.0 Å². The molecule has 1 fully saturated rings. The van der Waals surface area contributed by atoms with Crippen molar-refractivity contribution in [1.29, 1.82) is 0 Å². The number of allylic oxidation sites excluding steroid dienone is 1. The van der Waals surface area contributed by atoms with Gasteiger partial charge in [0, 0.05) is 18.0 Å². The lowest BCUT2D eigenvalue weighted by atomic mass is 10.1. The van der Waals surface area contributed by atoms with Crippen LogP contribution in [0.1, 0.15) is 6.42 Å². The highest BCUT2D eigenvalue weighted by molar-refractivity contribution is 8.30. The van der Waals surface area contributed by atoms with Crippen molar-refractivity contribution in [2.24, 2.45) is 0 Å². The minimum atomic E-state index is -4.22. The van der Waals surface area contributed by atoms with Crippen molar-refractivity contribution in [3.8, 4) is 5.75 Å². The molecule has 0 unspecified atom stereocenters. The van der Waals surface area contributed by atoms with Crippen LogP contribution < -0.4 is 24.4 Å². The maximum absolute atomic E-state index is 13.3. The first kappa shape index (κ1) is 30.4. The highest BCUT2D eigenvalue weighted by atomic mass is 32.2. The Labute approximate surface area is 256 Å². The van der Waals surface area contributed by atoms with E-state index < -0.39 is 52.4 Å². The molecule has 0 aliphatic carbocycles. The van der Waals surface area contributed by atoms with Crippen molar-refractivity contribution in [3.05, 3.63) is 67.9 Å². The number of carbonyl (C=O) groups is 3. The summed E-state index contributed by atoms with van der Waals surface area (Å²) in [4.78, 5) is 51.6. The van der Waals surface area contributed by atoms with E-state index in [4.69, 9.17) is 22.1 Å². The first-order valence-corrected chi connectivity index (χ1v) is 16.0. The Bertz CT molecular complexity index is 2030. The van der Waals surface area contributed by atoms with E-state index in [1.807, 2.05) is 30.3 Å². The monoisotopic (exact) mass is 663 g/mol. The molecule has 0 bridgehead atoms. The Morgan fingerprint density at radius 3 is 2.42 bits per heavy atom. The third-order valence-corrected chi connectivity index (χ3v) is 9.83. The van der Waals surface area contributed by atoms with Gasteiger partial charge in [0.15, 0.2) is 5.75 Å². The smallest absolute Gasteiger partial charge is 0.323 e. The van der Waals surface area contributed by atoms with Crippen LogP contribution >= 0.6 is 35.3 Å². The van der Waals surface area contributed by atoms with Crippen molar-refractivity contribution in [2.75, 3.05) is 23.7 Å². The predicted molar refractivity (Wildman–Crippen MR) is 164 cm³/mol. The molecule has 224 valence electrons. The van der Waals surface area contributed by atoms with Gasteiger partial charge >= 0.3 is 11.9 Å². The SMILES string of the molecule is O=C(O)CN1C(=O)C(=c2sc(=CC=C3Oc4ccc5ccccc5c4N3CCCS(=O)(=O)O)c(=O)n2CC(=O)O)SC1=S. The van der Waals surface area contributed by atoms with E-state index in [0.29, 0.717) is 11.4 Å². The highest BCUT2D eigenvalue weighted by Gasteiger charge is 2.35. The fraction of sp³-hybridized carbons (Fsp3) is 0.192. The number of anilines is 1. The van der Waals surface area contributed by atoms with E-state index in [2.05, 4.69) is 0 Å². The summed E-state index contributed by atoms with van der Waals surface area (Å²) in [6.45, 7) is -1.30. The van der Waals surface area contributed by atoms with Gasteiger partial charge in [-0.25, -0.2) is 0 Å². The zero-order chi connectivity index (χ0) is 31.1. The fourth-order valence-electron chi connectivity index (χ4n) is 4.55. The quantitative estimate of drug-likeness (QED) is 0.218. The number of hydrogen-bond donors (Lipinski definition) is 3. The first-order valence-electron chi connectivity index (χ1n) is 12.4. The van der Waals surface area contributed by atoms with Gasteiger partial charge in [-0.3, -0.25) is 33.2 Å². The molecule has 0 spiro atoms. The molecule has 3 N–H and O–H groups in total. The van der Waals surface area contributed by atoms with Crippen LogP contribution in [-0.2, 0) is 31.0 Å². The number of rotatable bonds is 9. The molecule has 0 saturated carbocycles. The van der Waals surface area contributed by atoms with Crippen molar-refractivity contribution in [3.63, 3.8) is 0 Å². The number of amides is 1. The molecule has 1 aromatic heterocycles. The Hall–Kier alpha value is -4.03. The molecule has 2 aromatic carbocycles. The number of fused-ring (bicyclic) bond motifs is 3. The van der Waals surface area contributed by atoms with Crippen LogP contribution in [-0.4, -0.2) is 73.7 Å². The number of aliphatic carboxylic acids is 2. The number of carboxylic acids is 2. The molecule has 43 heavy (non-hydrogen) atoms. The van der Waals surface area contributed by atoms with Gasteiger partial charge in [0.2, 0.25) is 5.88 Å². The number of nitrogens with zero attached hydrogens (tertiary/aromatic N) is 3. The maximum atomic E-state index is 13.3. The molecular formula is C26H21N3O10S4. The summed E-state index contributed by atoms with van der Waals surface area (Å²) < 4.78 is 39.0. The van der Waals surface area contributed by atoms with Gasteiger partial charge in [0.1, 0.15) is 27.0 Å². The molecule has 0 radical (unpaired) electrons. The van der Waals surface area contributed by atoms with Gasteiger partial charge in [-0.15, -0.1) is 11.3 Å². The predicted octanol–water partition coefficient (Wildman–Crippen LogP) is 0.999.